The van der Waals surface area contributed by atoms with Crippen molar-refractivity contribution in [2.45, 2.75) is 27.2 Å². The maximum Gasteiger partial charge on any atom is -0.00291 e. The Morgan fingerprint density at radius 1 is 1.29 bits per heavy atom. The molecule has 1 aromatic carbocycles. The molecule has 0 aliphatic heterocycles. The highest BCUT2D eigenvalue weighted by atomic mass is 14.0. The zero-order valence-corrected chi connectivity index (χ0v) is 9.25. The van der Waals surface area contributed by atoms with Gasteiger partial charge in [0.2, 0.25) is 0 Å². The van der Waals surface area contributed by atoms with E-state index in [1.165, 1.54) is 16.7 Å². The van der Waals surface area contributed by atoms with E-state index in [1.54, 1.807) is 0 Å². The fraction of sp³-hybridized carbons (Fsp3) is 0.286. The molecule has 0 saturated carbocycles. The van der Waals surface area contributed by atoms with Crippen LogP contribution in [0, 0.1) is 6.92 Å². The first-order chi connectivity index (χ1) is 6.76. The first-order valence-electron chi connectivity index (χ1n) is 5.09. The van der Waals surface area contributed by atoms with Crippen molar-refractivity contribution in [2.75, 3.05) is 0 Å². The summed E-state index contributed by atoms with van der Waals surface area (Å²) < 4.78 is 0. The summed E-state index contributed by atoms with van der Waals surface area (Å²) in [5, 5.41) is 0. The van der Waals surface area contributed by atoms with Gasteiger partial charge >= 0.3 is 0 Å². The molecule has 0 radical (unpaired) electrons. The van der Waals surface area contributed by atoms with Crippen molar-refractivity contribution < 1.29 is 0 Å². The van der Waals surface area contributed by atoms with Gasteiger partial charge < -0.3 is 0 Å². The summed E-state index contributed by atoms with van der Waals surface area (Å²) in [6.45, 7) is 6.28. The summed E-state index contributed by atoms with van der Waals surface area (Å²) >= 11 is 0. The average Bonchev–Trinajstić information content (AvgIpc) is 2.17. The fourth-order valence-electron chi connectivity index (χ4n) is 1.53. The zero-order chi connectivity index (χ0) is 10.4. The standard InChI is InChI=1S/C14H18/c1-4-7-13(5-2)11-14-9-6-8-12(3)10-14/h4-10H,11H2,1-3H3/b7-4-,13-5+. The zero-order valence-electron chi connectivity index (χ0n) is 9.25. The second kappa shape index (κ2) is 5.43. The third-order valence-corrected chi connectivity index (χ3v) is 2.24. The maximum atomic E-state index is 2.24. The Bertz CT molecular complexity index is 343. The second-order valence-corrected chi connectivity index (χ2v) is 3.53. The molecule has 0 aromatic heterocycles. The molecule has 1 rings (SSSR count). The van der Waals surface area contributed by atoms with Crippen LogP contribution in [-0.2, 0) is 6.42 Å². The van der Waals surface area contributed by atoms with Crippen LogP contribution in [-0.4, -0.2) is 0 Å². The van der Waals surface area contributed by atoms with Gasteiger partial charge in [-0.25, -0.2) is 0 Å². The number of allylic oxidation sites excluding steroid dienone is 4. The summed E-state index contributed by atoms with van der Waals surface area (Å²) in [6.07, 6.45) is 7.46. The lowest BCUT2D eigenvalue weighted by molar-refractivity contribution is 1.17. The first kappa shape index (κ1) is 10.8. The van der Waals surface area contributed by atoms with Crippen molar-refractivity contribution in [1.82, 2.24) is 0 Å². The Morgan fingerprint density at radius 3 is 2.64 bits per heavy atom. The maximum absolute atomic E-state index is 2.24. The van der Waals surface area contributed by atoms with E-state index < -0.39 is 0 Å². The van der Waals surface area contributed by atoms with E-state index in [9.17, 15) is 0 Å². The molecule has 0 aliphatic rings. The van der Waals surface area contributed by atoms with Gasteiger partial charge in [-0.15, -0.1) is 0 Å². The van der Waals surface area contributed by atoms with Crippen molar-refractivity contribution in [3.05, 3.63) is 59.2 Å². The number of aryl methyl sites for hydroxylation is 1. The van der Waals surface area contributed by atoms with Gasteiger partial charge in [0.05, 0.1) is 0 Å². The van der Waals surface area contributed by atoms with Crippen molar-refractivity contribution in [3.8, 4) is 0 Å². The molecule has 0 saturated heterocycles. The molecule has 0 aliphatic carbocycles. The monoisotopic (exact) mass is 186 g/mol. The van der Waals surface area contributed by atoms with Crippen molar-refractivity contribution in [1.29, 1.82) is 0 Å². The van der Waals surface area contributed by atoms with Crippen molar-refractivity contribution in [2.24, 2.45) is 0 Å². The third-order valence-electron chi connectivity index (χ3n) is 2.24. The predicted octanol–water partition coefficient (Wildman–Crippen LogP) is 4.06. The summed E-state index contributed by atoms with van der Waals surface area (Å²) in [6, 6.07) is 8.68. The molecule has 1 aromatic rings. The molecule has 0 nitrogen and oxygen atoms in total. The molecular weight excluding hydrogens is 168 g/mol. The summed E-state index contributed by atoms with van der Waals surface area (Å²) in [5.74, 6) is 0. The lowest BCUT2D eigenvalue weighted by Gasteiger charge is -2.03. The van der Waals surface area contributed by atoms with Crippen LogP contribution in [0.25, 0.3) is 0 Å². The number of hydrogen-bond donors (Lipinski definition) is 0. The van der Waals surface area contributed by atoms with E-state index in [-0.39, 0.29) is 0 Å². The van der Waals surface area contributed by atoms with Gasteiger partial charge in [0.15, 0.2) is 0 Å². The molecule has 0 unspecified atom stereocenters. The quantitative estimate of drug-likeness (QED) is 0.624. The van der Waals surface area contributed by atoms with E-state index in [0.29, 0.717) is 0 Å². The van der Waals surface area contributed by atoms with Crippen LogP contribution in [0.5, 0.6) is 0 Å². The van der Waals surface area contributed by atoms with E-state index in [2.05, 4.69) is 63.3 Å². The molecule has 0 spiro atoms. The predicted molar refractivity (Wildman–Crippen MR) is 63.5 cm³/mol. The first-order valence-corrected chi connectivity index (χ1v) is 5.09. The fourth-order valence-corrected chi connectivity index (χ4v) is 1.53. The molecule has 0 bridgehead atoms. The molecular formula is C14H18. The SMILES string of the molecule is C/C=C\C(=C/C)Cc1cccc(C)c1. The van der Waals surface area contributed by atoms with E-state index in [1.807, 2.05) is 0 Å². The van der Waals surface area contributed by atoms with Crippen LogP contribution in [0.2, 0.25) is 0 Å². The Hall–Kier alpha value is -1.30. The smallest absolute Gasteiger partial charge is 0.00291 e. The van der Waals surface area contributed by atoms with Crippen LogP contribution < -0.4 is 0 Å². The summed E-state index contributed by atoms with van der Waals surface area (Å²) in [7, 11) is 0. The minimum atomic E-state index is 1.03. The van der Waals surface area contributed by atoms with Gasteiger partial charge in [-0.2, -0.15) is 0 Å². The van der Waals surface area contributed by atoms with Crippen LogP contribution in [0.15, 0.2) is 48.1 Å². The highest BCUT2D eigenvalue weighted by molar-refractivity contribution is 5.30. The minimum Gasteiger partial charge on any atom is -0.0874 e. The van der Waals surface area contributed by atoms with Crippen LogP contribution in [0.3, 0.4) is 0 Å². The van der Waals surface area contributed by atoms with Crippen LogP contribution >= 0.6 is 0 Å². The molecule has 0 fully saturated rings. The largest absolute Gasteiger partial charge is 0.0874 e. The Labute approximate surface area is 87.0 Å². The lowest BCUT2D eigenvalue weighted by atomic mass is 10.0. The Morgan fingerprint density at radius 2 is 2.07 bits per heavy atom. The van der Waals surface area contributed by atoms with E-state index in [4.69, 9.17) is 0 Å². The number of hydrogen-bond acceptors (Lipinski definition) is 0. The normalized spacial score (nSPS) is 12.4. The van der Waals surface area contributed by atoms with E-state index in [0.717, 1.165) is 6.42 Å². The molecule has 14 heavy (non-hydrogen) atoms. The van der Waals surface area contributed by atoms with Crippen LogP contribution in [0.1, 0.15) is 25.0 Å². The third kappa shape index (κ3) is 3.21. The molecule has 0 atom stereocenters. The number of rotatable bonds is 3. The lowest BCUT2D eigenvalue weighted by Crippen LogP contribution is -1.88. The minimum absolute atomic E-state index is 1.03. The number of benzene rings is 1. The molecule has 0 amide bonds. The van der Waals surface area contributed by atoms with Gasteiger partial charge in [0.1, 0.15) is 0 Å². The van der Waals surface area contributed by atoms with Gasteiger partial charge in [-0.05, 0) is 38.3 Å². The highest BCUT2D eigenvalue weighted by Crippen LogP contribution is 2.11. The van der Waals surface area contributed by atoms with Gasteiger partial charge in [0.25, 0.3) is 0 Å². The highest BCUT2D eigenvalue weighted by Gasteiger charge is 1.95. The molecule has 0 N–H and O–H groups in total. The topological polar surface area (TPSA) is 0 Å². The summed E-state index contributed by atoms with van der Waals surface area (Å²) in [5.41, 5.74) is 4.09. The summed E-state index contributed by atoms with van der Waals surface area (Å²) in [4.78, 5) is 0. The Kier molecular flexibility index (Phi) is 4.18. The van der Waals surface area contributed by atoms with Crippen molar-refractivity contribution in [3.63, 3.8) is 0 Å². The van der Waals surface area contributed by atoms with Gasteiger partial charge in [-0.3, -0.25) is 0 Å². The molecule has 0 heteroatoms. The van der Waals surface area contributed by atoms with E-state index >= 15 is 0 Å². The van der Waals surface area contributed by atoms with Crippen LogP contribution in [0.4, 0.5) is 0 Å². The molecule has 74 valence electrons. The second-order valence-electron chi connectivity index (χ2n) is 3.53. The molecule has 0 heterocycles. The van der Waals surface area contributed by atoms with Gasteiger partial charge in [0, 0.05) is 0 Å². The average molecular weight is 186 g/mol. The van der Waals surface area contributed by atoms with Gasteiger partial charge in [-0.1, -0.05) is 48.1 Å². The Balaban J connectivity index is 2.77. The van der Waals surface area contributed by atoms with Crippen molar-refractivity contribution >= 4 is 0 Å².